The minimum Gasteiger partial charge on any atom is -0.320 e. The molecular formula is C10H10F4N2O2. The van der Waals surface area contributed by atoms with Crippen LogP contribution in [0.15, 0.2) is 12.1 Å². The van der Waals surface area contributed by atoms with Crippen LogP contribution in [0.3, 0.4) is 0 Å². The van der Waals surface area contributed by atoms with Crippen molar-refractivity contribution in [3.63, 3.8) is 0 Å². The molecule has 0 spiro atoms. The lowest BCUT2D eigenvalue weighted by Gasteiger charge is -2.23. The van der Waals surface area contributed by atoms with Gasteiger partial charge in [0.2, 0.25) is 0 Å². The largest absolute Gasteiger partial charge is 0.320 e. The monoisotopic (exact) mass is 266 g/mol. The van der Waals surface area contributed by atoms with Crippen LogP contribution in [-0.4, -0.2) is 16.9 Å². The summed E-state index contributed by atoms with van der Waals surface area (Å²) >= 11 is 0. The van der Waals surface area contributed by atoms with E-state index in [-0.39, 0.29) is 5.56 Å². The van der Waals surface area contributed by atoms with Gasteiger partial charge < -0.3 is 5.73 Å². The summed E-state index contributed by atoms with van der Waals surface area (Å²) in [6.45, 7) is 0.975. The molecule has 0 aliphatic rings. The highest BCUT2D eigenvalue weighted by atomic mass is 19.3. The highest BCUT2D eigenvalue weighted by molar-refractivity contribution is 5.42. The maximum atomic E-state index is 13.0. The Balaban J connectivity index is 3.23. The average Bonchev–Trinajstić information content (AvgIpc) is 2.22. The third-order valence-electron chi connectivity index (χ3n) is 2.39. The normalized spacial score (nSPS) is 14.6. The van der Waals surface area contributed by atoms with E-state index in [1.165, 1.54) is 0 Å². The number of nitro benzene ring substituents is 1. The number of rotatable bonds is 4. The molecule has 4 nitrogen and oxygen atoms in total. The summed E-state index contributed by atoms with van der Waals surface area (Å²) in [6, 6.07) is 0.868. The van der Waals surface area contributed by atoms with Crippen LogP contribution < -0.4 is 5.73 Å². The van der Waals surface area contributed by atoms with Gasteiger partial charge in [0, 0.05) is 12.0 Å². The van der Waals surface area contributed by atoms with Crippen molar-refractivity contribution in [2.75, 3.05) is 0 Å². The Morgan fingerprint density at radius 3 is 2.33 bits per heavy atom. The predicted molar refractivity (Wildman–Crippen MR) is 55.3 cm³/mol. The van der Waals surface area contributed by atoms with E-state index in [1.54, 1.807) is 0 Å². The van der Waals surface area contributed by atoms with Gasteiger partial charge in [-0.2, -0.15) is 0 Å². The molecule has 0 saturated carbocycles. The van der Waals surface area contributed by atoms with Crippen LogP contribution in [0, 0.1) is 21.7 Å². The standard InChI is InChI=1S/C10H10F4N2O2/c1-10(15,9(13)14)4-5-2-6(11)7(12)3-8(5)16(17)18/h2-3,9H,4,15H2,1H3. The maximum Gasteiger partial charge on any atom is 0.275 e. The Morgan fingerprint density at radius 1 is 1.39 bits per heavy atom. The van der Waals surface area contributed by atoms with E-state index in [9.17, 15) is 27.7 Å². The minimum atomic E-state index is -2.95. The van der Waals surface area contributed by atoms with Crippen LogP contribution in [-0.2, 0) is 6.42 Å². The summed E-state index contributed by atoms with van der Waals surface area (Å²) in [7, 11) is 0. The molecule has 0 aliphatic carbocycles. The van der Waals surface area contributed by atoms with Gasteiger partial charge in [-0.05, 0) is 13.0 Å². The molecule has 1 atom stereocenters. The van der Waals surface area contributed by atoms with E-state index in [4.69, 9.17) is 5.73 Å². The van der Waals surface area contributed by atoms with Gasteiger partial charge in [0.15, 0.2) is 11.6 Å². The highest BCUT2D eigenvalue weighted by Gasteiger charge is 2.33. The molecule has 1 aromatic carbocycles. The Hall–Kier alpha value is -1.70. The van der Waals surface area contributed by atoms with Crippen molar-refractivity contribution >= 4 is 5.69 Å². The van der Waals surface area contributed by atoms with Crippen molar-refractivity contribution in [1.29, 1.82) is 0 Å². The van der Waals surface area contributed by atoms with Gasteiger partial charge in [0.1, 0.15) is 0 Å². The van der Waals surface area contributed by atoms with Gasteiger partial charge in [0.25, 0.3) is 12.1 Å². The van der Waals surface area contributed by atoms with Crippen molar-refractivity contribution < 1.29 is 22.5 Å². The lowest BCUT2D eigenvalue weighted by Crippen LogP contribution is -2.46. The van der Waals surface area contributed by atoms with Crippen molar-refractivity contribution in [2.45, 2.75) is 25.3 Å². The lowest BCUT2D eigenvalue weighted by molar-refractivity contribution is -0.385. The van der Waals surface area contributed by atoms with Crippen LogP contribution >= 0.6 is 0 Å². The highest BCUT2D eigenvalue weighted by Crippen LogP contribution is 2.27. The number of benzene rings is 1. The van der Waals surface area contributed by atoms with Crippen molar-refractivity contribution in [3.05, 3.63) is 39.4 Å². The van der Waals surface area contributed by atoms with Crippen LogP contribution in [0.2, 0.25) is 0 Å². The number of nitro groups is 1. The Bertz CT molecular complexity index is 477. The predicted octanol–water partition coefficient (Wildman–Crippen LogP) is 2.40. The van der Waals surface area contributed by atoms with E-state index in [1.807, 2.05) is 0 Å². The zero-order chi connectivity index (χ0) is 14.1. The second-order valence-corrected chi connectivity index (χ2v) is 4.14. The number of hydrogen-bond acceptors (Lipinski definition) is 3. The Labute approximate surface area is 99.5 Å². The van der Waals surface area contributed by atoms with Crippen LogP contribution in [0.25, 0.3) is 0 Å². The van der Waals surface area contributed by atoms with Crippen molar-refractivity contribution in [3.8, 4) is 0 Å². The Kier molecular flexibility index (Phi) is 3.90. The summed E-state index contributed by atoms with van der Waals surface area (Å²) in [5, 5.41) is 10.6. The summed E-state index contributed by atoms with van der Waals surface area (Å²) < 4.78 is 50.9. The van der Waals surface area contributed by atoms with Gasteiger partial charge in [-0.3, -0.25) is 10.1 Å². The van der Waals surface area contributed by atoms with Crippen LogP contribution in [0.1, 0.15) is 12.5 Å². The molecule has 0 aliphatic heterocycles. The number of nitrogens with two attached hydrogens (primary N) is 1. The second-order valence-electron chi connectivity index (χ2n) is 4.14. The fraction of sp³-hybridized carbons (Fsp3) is 0.400. The molecule has 0 heterocycles. The number of nitrogens with zero attached hydrogens (tertiary/aromatic N) is 1. The molecule has 2 N–H and O–H groups in total. The quantitative estimate of drug-likeness (QED) is 0.517. The first-order chi connectivity index (χ1) is 8.15. The summed E-state index contributed by atoms with van der Waals surface area (Å²) in [6.07, 6.45) is -3.59. The molecule has 0 amide bonds. The summed E-state index contributed by atoms with van der Waals surface area (Å²) in [5.74, 6) is -2.76. The van der Waals surface area contributed by atoms with Crippen LogP contribution in [0.4, 0.5) is 23.2 Å². The molecule has 0 bridgehead atoms. The fourth-order valence-corrected chi connectivity index (χ4v) is 1.38. The first kappa shape index (κ1) is 14.4. The molecule has 8 heteroatoms. The molecule has 100 valence electrons. The van der Waals surface area contributed by atoms with Gasteiger partial charge in [-0.25, -0.2) is 17.6 Å². The third kappa shape index (κ3) is 2.95. The van der Waals surface area contributed by atoms with E-state index >= 15 is 0 Å². The van der Waals surface area contributed by atoms with Crippen LogP contribution in [0.5, 0.6) is 0 Å². The smallest absolute Gasteiger partial charge is 0.275 e. The Morgan fingerprint density at radius 2 is 1.89 bits per heavy atom. The maximum absolute atomic E-state index is 13.0. The molecule has 0 aromatic heterocycles. The summed E-state index contributed by atoms with van der Waals surface area (Å²) in [4.78, 5) is 9.66. The molecule has 0 saturated heterocycles. The first-order valence-electron chi connectivity index (χ1n) is 4.84. The van der Waals surface area contributed by atoms with Crippen molar-refractivity contribution in [2.24, 2.45) is 5.73 Å². The SMILES string of the molecule is CC(N)(Cc1cc(F)c(F)cc1[N+](=O)[O-])C(F)F. The molecule has 1 aromatic rings. The van der Waals surface area contributed by atoms with Gasteiger partial charge in [-0.15, -0.1) is 0 Å². The van der Waals surface area contributed by atoms with E-state index in [0.717, 1.165) is 6.92 Å². The zero-order valence-corrected chi connectivity index (χ0v) is 9.29. The van der Waals surface area contributed by atoms with Gasteiger partial charge in [-0.1, -0.05) is 0 Å². The van der Waals surface area contributed by atoms with E-state index in [2.05, 4.69) is 0 Å². The van der Waals surface area contributed by atoms with Crippen molar-refractivity contribution in [1.82, 2.24) is 0 Å². The topological polar surface area (TPSA) is 69.2 Å². The number of halogens is 4. The molecule has 1 rings (SSSR count). The molecule has 1 unspecified atom stereocenters. The molecule has 18 heavy (non-hydrogen) atoms. The summed E-state index contributed by atoms with van der Waals surface area (Å²) in [5.41, 5.74) is 2.06. The lowest BCUT2D eigenvalue weighted by atomic mass is 9.93. The zero-order valence-electron chi connectivity index (χ0n) is 9.29. The molecule has 0 fully saturated rings. The fourth-order valence-electron chi connectivity index (χ4n) is 1.38. The average molecular weight is 266 g/mol. The number of hydrogen-bond donors (Lipinski definition) is 1. The second kappa shape index (κ2) is 4.89. The van der Waals surface area contributed by atoms with Gasteiger partial charge in [0.05, 0.1) is 16.5 Å². The minimum absolute atomic E-state index is 0.353. The number of alkyl halides is 2. The van der Waals surface area contributed by atoms with Gasteiger partial charge >= 0.3 is 0 Å². The molecule has 0 radical (unpaired) electrons. The first-order valence-corrected chi connectivity index (χ1v) is 4.84. The van der Waals surface area contributed by atoms with E-state index < -0.39 is 40.6 Å². The molecular weight excluding hydrogens is 256 g/mol. The third-order valence-corrected chi connectivity index (χ3v) is 2.39. The van der Waals surface area contributed by atoms with E-state index in [0.29, 0.717) is 12.1 Å².